The summed E-state index contributed by atoms with van der Waals surface area (Å²) >= 11 is 0. The molecule has 0 saturated carbocycles. The third kappa shape index (κ3) is 4.07. The molecule has 0 spiro atoms. The second-order valence-corrected chi connectivity index (χ2v) is 6.32. The molecule has 2 heterocycles. The average Bonchev–Trinajstić information content (AvgIpc) is 2.48. The van der Waals surface area contributed by atoms with Gasteiger partial charge in [-0.1, -0.05) is 6.07 Å². The van der Waals surface area contributed by atoms with Crippen LogP contribution < -0.4 is 10.0 Å². The highest BCUT2D eigenvalue weighted by Crippen LogP contribution is 2.15. The second kappa shape index (κ2) is 6.75. The van der Waals surface area contributed by atoms with Crippen molar-refractivity contribution in [1.82, 2.24) is 20.0 Å². The summed E-state index contributed by atoms with van der Waals surface area (Å²) in [6.45, 7) is 2.43. The highest BCUT2D eigenvalue weighted by Gasteiger charge is 2.19. The number of sulfonamides is 1. The quantitative estimate of drug-likeness (QED) is 0.839. The van der Waals surface area contributed by atoms with Crippen LogP contribution in [0.4, 0.5) is 0 Å². The topological polar surface area (TPSA) is 84.0 Å². The Morgan fingerprint density at radius 1 is 1.19 bits per heavy atom. The Morgan fingerprint density at radius 3 is 2.48 bits per heavy atom. The first-order valence-corrected chi connectivity index (χ1v) is 8.03. The van der Waals surface area contributed by atoms with Crippen LogP contribution in [0.5, 0.6) is 0 Å². The van der Waals surface area contributed by atoms with Gasteiger partial charge in [0.25, 0.3) is 10.0 Å². The second-order valence-electron chi connectivity index (χ2n) is 4.66. The molecule has 0 bridgehead atoms. The lowest BCUT2D eigenvalue weighted by molar-refractivity contribution is 0.563. The number of nitrogens with one attached hydrogen (secondary N) is 2. The minimum absolute atomic E-state index is 0.0169. The highest BCUT2D eigenvalue weighted by atomic mass is 32.2. The number of rotatable bonds is 6. The molecule has 112 valence electrons. The summed E-state index contributed by atoms with van der Waals surface area (Å²) in [6, 6.07) is 6.45. The van der Waals surface area contributed by atoms with E-state index in [0.717, 1.165) is 11.1 Å². The Labute approximate surface area is 124 Å². The molecule has 0 aromatic carbocycles. The van der Waals surface area contributed by atoms with E-state index in [1.807, 2.05) is 7.05 Å². The van der Waals surface area contributed by atoms with Crippen LogP contribution in [0.15, 0.2) is 47.9 Å². The third-order valence-electron chi connectivity index (χ3n) is 2.99. The molecule has 0 radical (unpaired) electrons. The summed E-state index contributed by atoms with van der Waals surface area (Å²) in [6.07, 6.45) is 4.82. The smallest absolute Gasteiger partial charge is 0.258 e. The van der Waals surface area contributed by atoms with Crippen LogP contribution in [0.25, 0.3) is 0 Å². The van der Waals surface area contributed by atoms with Gasteiger partial charge in [-0.3, -0.25) is 4.98 Å². The van der Waals surface area contributed by atoms with Crippen molar-refractivity contribution in [2.24, 2.45) is 0 Å². The van der Waals surface area contributed by atoms with Gasteiger partial charge in [-0.25, -0.2) is 18.1 Å². The summed E-state index contributed by atoms with van der Waals surface area (Å²) < 4.78 is 27.2. The van der Waals surface area contributed by atoms with Gasteiger partial charge in [-0.15, -0.1) is 0 Å². The monoisotopic (exact) mass is 306 g/mol. The zero-order chi connectivity index (χ0) is 15.3. The van der Waals surface area contributed by atoms with Crippen LogP contribution >= 0.6 is 0 Å². The van der Waals surface area contributed by atoms with E-state index in [1.54, 1.807) is 43.7 Å². The summed E-state index contributed by atoms with van der Waals surface area (Å²) in [4.78, 5) is 7.93. The third-order valence-corrected chi connectivity index (χ3v) is 4.45. The van der Waals surface area contributed by atoms with Crippen molar-refractivity contribution >= 4 is 10.0 Å². The van der Waals surface area contributed by atoms with Crippen molar-refractivity contribution in [3.63, 3.8) is 0 Å². The molecule has 0 saturated heterocycles. The van der Waals surface area contributed by atoms with Crippen molar-refractivity contribution in [2.75, 3.05) is 7.05 Å². The molecule has 0 aliphatic rings. The van der Waals surface area contributed by atoms with Gasteiger partial charge < -0.3 is 5.32 Å². The molecular weight excluding hydrogens is 288 g/mol. The molecule has 2 rings (SSSR count). The van der Waals surface area contributed by atoms with Gasteiger partial charge in [0.2, 0.25) is 0 Å². The predicted molar refractivity (Wildman–Crippen MR) is 80.0 cm³/mol. The first-order chi connectivity index (χ1) is 10.0. The van der Waals surface area contributed by atoms with E-state index >= 15 is 0 Å². The Bertz CT molecular complexity index is 672. The van der Waals surface area contributed by atoms with E-state index in [4.69, 9.17) is 0 Å². The number of hydrogen-bond donors (Lipinski definition) is 2. The van der Waals surface area contributed by atoms with Crippen LogP contribution in [0.1, 0.15) is 24.1 Å². The predicted octanol–water partition coefficient (Wildman–Crippen LogP) is 1.24. The molecule has 1 atom stereocenters. The molecule has 2 aromatic rings. The maximum Gasteiger partial charge on any atom is 0.258 e. The molecular formula is C14H18N4O2S. The Balaban J connectivity index is 2.14. The van der Waals surface area contributed by atoms with E-state index in [-0.39, 0.29) is 11.1 Å². The normalized spacial score (nSPS) is 13.0. The lowest BCUT2D eigenvalue weighted by atomic mass is 10.1. The Hall–Kier alpha value is -1.83. The minimum Gasteiger partial charge on any atom is -0.316 e. The lowest BCUT2D eigenvalue weighted by Gasteiger charge is -2.14. The molecule has 0 aliphatic heterocycles. The average molecular weight is 306 g/mol. The molecule has 7 heteroatoms. The van der Waals surface area contributed by atoms with E-state index in [2.05, 4.69) is 20.0 Å². The van der Waals surface area contributed by atoms with E-state index in [9.17, 15) is 8.42 Å². The van der Waals surface area contributed by atoms with Crippen molar-refractivity contribution < 1.29 is 8.42 Å². The SMILES string of the molecule is CNCc1ccc(S(=O)(=O)NC(C)c2ccncc2)nc1. The maximum absolute atomic E-state index is 12.3. The maximum atomic E-state index is 12.3. The molecule has 0 aliphatic carbocycles. The van der Waals surface area contributed by atoms with Crippen LogP contribution in [0, 0.1) is 0 Å². The summed E-state index contributed by atoms with van der Waals surface area (Å²) in [5.74, 6) is 0. The van der Waals surface area contributed by atoms with Crippen molar-refractivity contribution in [3.8, 4) is 0 Å². The van der Waals surface area contributed by atoms with Crippen molar-refractivity contribution in [1.29, 1.82) is 0 Å². The van der Waals surface area contributed by atoms with Gasteiger partial charge in [0.15, 0.2) is 5.03 Å². The van der Waals surface area contributed by atoms with Crippen molar-refractivity contribution in [3.05, 3.63) is 54.0 Å². The molecule has 21 heavy (non-hydrogen) atoms. The van der Waals surface area contributed by atoms with Gasteiger partial charge >= 0.3 is 0 Å². The molecule has 2 N–H and O–H groups in total. The summed E-state index contributed by atoms with van der Waals surface area (Å²) in [7, 11) is -1.82. The number of pyridine rings is 2. The number of hydrogen-bond acceptors (Lipinski definition) is 5. The van der Waals surface area contributed by atoms with Gasteiger partial charge in [-0.05, 0) is 43.3 Å². The van der Waals surface area contributed by atoms with Crippen LogP contribution in [0.2, 0.25) is 0 Å². The highest BCUT2D eigenvalue weighted by molar-refractivity contribution is 7.89. The minimum atomic E-state index is -3.64. The zero-order valence-electron chi connectivity index (χ0n) is 11.9. The number of aromatic nitrogens is 2. The molecule has 0 amide bonds. The standard InChI is InChI=1S/C14H18N4O2S/c1-11(13-5-7-16-8-6-13)18-21(19,20)14-4-3-12(9-15-2)10-17-14/h3-8,10-11,15,18H,9H2,1-2H3. The van der Waals surface area contributed by atoms with Gasteiger partial charge in [0.1, 0.15) is 0 Å². The van der Waals surface area contributed by atoms with Crippen LogP contribution in [-0.4, -0.2) is 25.4 Å². The molecule has 0 fully saturated rings. The fourth-order valence-electron chi connectivity index (χ4n) is 1.89. The zero-order valence-corrected chi connectivity index (χ0v) is 12.8. The summed E-state index contributed by atoms with van der Waals surface area (Å²) in [5, 5.41) is 3.00. The summed E-state index contributed by atoms with van der Waals surface area (Å²) in [5.41, 5.74) is 1.78. The molecule has 2 aromatic heterocycles. The first kappa shape index (κ1) is 15.6. The van der Waals surface area contributed by atoms with Crippen molar-refractivity contribution in [2.45, 2.75) is 24.5 Å². The Morgan fingerprint density at radius 2 is 1.90 bits per heavy atom. The fourth-order valence-corrected chi connectivity index (χ4v) is 3.05. The van der Waals surface area contributed by atoms with Crippen LogP contribution in [-0.2, 0) is 16.6 Å². The van der Waals surface area contributed by atoms with E-state index in [1.165, 1.54) is 6.07 Å². The molecule has 1 unspecified atom stereocenters. The fraction of sp³-hybridized carbons (Fsp3) is 0.286. The first-order valence-electron chi connectivity index (χ1n) is 6.54. The molecule has 6 nitrogen and oxygen atoms in total. The van der Waals surface area contributed by atoms with E-state index < -0.39 is 10.0 Å². The largest absolute Gasteiger partial charge is 0.316 e. The number of nitrogens with zero attached hydrogens (tertiary/aromatic N) is 2. The van der Waals surface area contributed by atoms with Crippen LogP contribution in [0.3, 0.4) is 0 Å². The Kier molecular flexibility index (Phi) is 5.00. The lowest BCUT2D eigenvalue weighted by Crippen LogP contribution is -2.27. The van der Waals surface area contributed by atoms with Gasteiger partial charge in [-0.2, -0.15) is 0 Å². The van der Waals surface area contributed by atoms with E-state index in [0.29, 0.717) is 6.54 Å². The van der Waals surface area contributed by atoms with Gasteiger partial charge in [0.05, 0.1) is 0 Å². The van der Waals surface area contributed by atoms with Gasteiger partial charge in [0, 0.05) is 31.2 Å².